The SMILES string of the molecule is CCOc1ccc(CN(C)CC(=O)Nc2c(C#N)c(C)c(C)n2C2CCCC2)cc1. The Bertz CT molecular complexity index is 918. The molecule has 3 rings (SSSR count). The van der Waals surface area contributed by atoms with E-state index < -0.39 is 0 Å². The summed E-state index contributed by atoms with van der Waals surface area (Å²) in [5.74, 6) is 1.42. The number of rotatable bonds is 8. The number of nitriles is 1. The molecule has 0 unspecified atom stereocenters. The van der Waals surface area contributed by atoms with Crippen LogP contribution in [0.4, 0.5) is 5.82 Å². The van der Waals surface area contributed by atoms with Crippen molar-refractivity contribution in [3.05, 3.63) is 46.6 Å². The molecule has 160 valence electrons. The van der Waals surface area contributed by atoms with Crippen LogP contribution in [0.3, 0.4) is 0 Å². The van der Waals surface area contributed by atoms with Crippen molar-refractivity contribution in [1.82, 2.24) is 9.47 Å². The first-order valence-electron chi connectivity index (χ1n) is 10.8. The monoisotopic (exact) mass is 408 g/mol. The second-order valence-corrected chi connectivity index (χ2v) is 8.15. The minimum absolute atomic E-state index is 0.100. The lowest BCUT2D eigenvalue weighted by Gasteiger charge is -2.21. The molecule has 1 aromatic heterocycles. The molecule has 0 atom stereocenters. The number of nitrogens with zero attached hydrogens (tertiary/aromatic N) is 3. The van der Waals surface area contributed by atoms with Crippen molar-refractivity contribution in [2.75, 3.05) is 25.5 Å². The number of anilines is 1. The maximum absolute atomic E-state index is 12.8. The fraction of sp³-hybridized carbons (Fsp3) is 0.500. The fourth-order valence-corrected chi connectivity index (χ4v) is 4.35. The summed E-state index contributed by atoms with van der Waals surface area (Å²) in [5.41, 5.74) is 3.74. The second-order valence-electron chi connectivity index (χ2n) is 8.15. The second kappa shape index (κ2) is 9.82. The topological polar surface area (TPSA) is 70.3 Å². The van der Waals surface area contributed by atoms with E-state index in [0.29, 0.717) is 30.6 Å². The van der Waals surface area contributed by atoms with Crippen LogP contribution in [0.5, 0.6) is 5.75 Å². The molecule has 1 heterocycles. The number of carbonyl (C=O) groups excluding carboxylic acids is 1. The number of ether oxygens (including phenoxy) is 1. The average molecular weight is 409 g/mol. The first-order chi connectivity index (χ1) is 14.4. The van der Waals surface area contributed by atoms with Crippen LogP contribution < -0.4 is 10.1 Å². The standard InChI is InChI=1S/C24H32N4O2/c1-5-30-21-12-10-19(11-13-21)15-27(4)16-23(29)26-24-22(14-25)17(2)18(3)28(24)20-8-6-7-9-20/h10-13,20H,5-9,15-16H2,1-4H3,(H,26,29). The molecule has 0 saturated heterocycles. The zero-order valence-corrected chi connectivity index (χ0v) is 18.5. The minimum atomic E-state index is -0.100. The van der Waals surface area contributed by atoms with Crippen LogP contribution in [-0.2, 0) is 11.3 Å². The maximum atomic E-state index is 12.8. The summed E-state index contributed by atoms with van der Waals surface area (Å²) in [5, 5.41) is 12.7. The number of carbonyl (C=O) groups is 1. The van der Waals surface area contributed by atoms with Crippen molar-refractivity contribution in [3.8, 4) is 11.8 Å². The van der Waals surface area contributed by atoms with Gasteiger partial charge < -0.3 is 14.6 Å². The van der Waals surface area contributed by atoms with E-state index in [1.54, 1.807) is 0 Å². The van der Waals surface area contributed by atoms with Crippen LogP contribution in [0.15, 0.2) is 24.3 Å². The zero-order chi connectivity index (χ0) is 21.7. The van der Waals surface area contributed by atoms with Crippen molar-refractivity contribution in [2.24, 2.45) is 0 Å². The van der Waals surface area contributed by atoms with Crippen molar-refractivity contribution < 1.29 is 9.53 Å². The van der Waals surface area contributed by atoms with Gasteiger partial charge in [-0.15, -0.1) is 0 Å². The summed E-state index contributed by atoms with van der Waals surface area (Å²) < 4.78 is 7.66. The maximum Gasteiger partial charge on any atom is 0.239 e. The largest absolute Gasteiger partial charge is 0.494 e. The summed E-state index contributed by atoms with van der Waals surface area (Å²) >= 11 is 0. The molecule has 0 radical (unpaired) electrons. The molecule has 1 aliphatic rings. The molecule has 30 heavy (non-hydrogen) atoms. The molecule has 1 aliphatic carbocycles. The summed E-state index contributed by atoms with van der Waals surface area (Å²) in [6.07, 6.45) is 4.59. The van der Waals surface area contributed by atoms with Gasteiger partial charge in [-0.25, -0.2) is 0 Å². The lowest BCUT2D eigenvalue weighted by Crippen LogP contribution is -2.31. The van der Waals surface area contributed by atoms with Gasteiger partial charge in [-0.3, -0.25) is 9.69 Å². The Morgan fingerprint density at radius 1 is 1.27 bits per heavy atom. The first-order valence-corrected chi connectivity index (χ1v) is 10.8. The normalized spacial score (nSPS) is 14.1. The number of hydrogen-bond donors (Lipinski definition) is 1. The van der Waals surface area contributed by atoms with E-state index in [1.165, 1.54) is 12.8 Å². The highest BCUT2D eigenvalue weighted by molar-refractivity contribution is 5.93. The van der Waals surface area contributed by atoms with E-state index >= 15 is 0 Å². The third-order valence-electron chi connectivity index (χ3n) is 5.92. The van der Waals surface area contributed by atoms with Crippen molar-refractivity contribution in [1.29, 1.82) is 5.26 Å². The van der Waals surface area contributed by atoms with E-state index in [-0.39, 0.29) is 12.5 Å². The molecular weight excluding hydrogens is 376 g/mol. The van der Waals surface area contributed by atoms with Crippen molar-refractivity contribution in [3.63, 3.8) is 0 Å². The minimum Gasteiger partial charge on any atom is -0.494 e. The number of nitrogens with one attached hydrogen (secondary N) is 1. The number of hydrogen-bond acceptors (Lipinski definition) is 4. The van der Waals surface area contributed by atoms with Gasteiger partial charge in [0.15, 0.2) is 0 Å². The summed E-state index contributed by atoms with van der Waals surface area (Å²) in [6, 6.07) is 10.6. The number of benzene rings is 1. The van der Waals surface area contributed by atoms with E-state index in [1.807, 2.05) is 57.0 Å². The molecule has 1 N–H and O–H groups in total. The molecule has 1 amide bonds. The van der Waals surface area contributed by atoms with Gasteiger partial charge in [-0.05, 0) is 63.9 Å². The van der Waals surface area contributed by atoms with Crippen molar-refractivity contribution >= 4 is 11.7 Å². The molecular formula is C24H32N4O2. The third-order valence-corrected chi connectivity index (χ3v) is 5.92. The average Bonchev–Trinajstić information content (AvgIpc) is 3.31. The fourth-order valence-electron chi connectivity index (χ4n) is 4.35. The highest BCUT2D eigenvalue weighted by atomic mass is 16.5. The molecule has 6 nitrogen and oxygen atoms in total. The highest BCUT2D eigenvalue weighted by Gasteiger charge is 2.26. The Morgan fingerprint density at radius 2 is 1.93 bits per heavy atom. The zero-order valence-electron chi connectivity index (χ0n) is 18.5. The third kappa shape index (κ3) is 4.85. The van der Waals surface area contributed by atoms with Crippen LogP contribution >= 0.6 is 0 Å². The summed E-state index contributed by atoms with van der Waals surface area (Å²) in [7, 11) is 1.92. The first kappa shape index (κ1) is 21.9. The Labute approximate surface area is 179 Å². The highest BCUT2D eigenvalue weighted by Crippen LogP contribution is 2.37. The Balaban J connectivity index is 1.68. The number of aromatic nitrogens is 1. The van der Waals surface area contributed by atoms with Gasteiger partial charge in [-0.2, -0.15) is 5.26 Å². The Kier molecular flexibility index (Phi) is 7.17. The molecule has 2 aromatic rings. The van der Waals surface area contributed by atoms with Crippen LogP contribution in [0.1, 0.15) is 61.0 Å². The lowest BCUT2D eigenvalue weighted by molar-refractivity contribution is -0.117. The van der Waals surface area contributed by atoms with Gasteiger partial charge in [0.25, 0.3) is 0 Å². The predicted molar refractivity (Wildman–Crippen MR) is 119 cm³/mol. The van der Waals surface area contributed by atoms with Gasteiger partial charge in [0.1, 0.15) is 17.6 Å². The Morgan fingerprint density at radius 3 is 2.53 bits per heavy atom. The molecule has 1 aromatic carbocycles. The molecule has 1 fully saturated rings. The summed E-state index contributed by atoms with van der Waals surface area (Å²) in [6.45, 7) is 7.53. The number of likely N-dealkylation sites (N-methyl/N-ethyl adjacent to an activating group) is 1. The van der Waals surface area contributed by atoms with Gasteiger partial charge in [0, 0.05) is 18.3 Å². The summed E-state index contributed by atoms with van der Waals surface area (Å²) in [4.78, 5) is 14.8. The molecule has 0 aliphatic heterocycles. The molecule has 0 bridgehead atoms. The number of amides is 1. The molecule has 1 saturated carbocycles. The van der Waals surface area contributed by atoms with Crippen LogP contribution in [0.25, 0.3) is 0 Å². The van der Waals surface area contributed by atoms with Crippen LogP contribution in [-0.4, -0.2) is 35.6 Å². The van der Waals surface area contributed by atoms with Gasteiger partial charge >= 0.3 is 0 Å². The van der Waals surface area contributed by atoms with Gasteiger partial charge in [-0.1, -0.05) is 25.0 Å². The molecule has 6 heteroatoms. The van der Waals surface area contributed by atoms with E-state index in [2.05, 4.69) is 16.0 Å². The van der Waals surface area contributed by atoms with Crippen LogP contribution in [0, 0.1) is 25.2 Å². The predicted octanol–water partition coefficient (Wildman–Crippen LogP) is 4.56. The van der Waals surface area contributed by atoms with Gasteiger partial charge in [0.2, 0.25) is 5.91 Å². The van der Waals surface area contributed by atoms with E-state index in [4.69, 9.17) is 4.74 Å². The van der Waals surface area contributed by atoms with Crippen LogP contribution in [0.2, 0.25) is 0 Å². The molecule has 0 spiro atoms. The lowest BCUT2D eigenvalue weighted by atomic mass is 10.2. The smallest absolute Gasteiger partial charge is 0.239 e. The van der Waals surface area contributed by atoms with E-state index in [0.717, 1.165) is 35.4 Å². The Hall–Kier alpha value is -2.78. The quantitative estimate of drug-likeness (QED) is 0.695. The van der Waals surface area contributed by atoms with Gasteiger partial charge in [0.05, 0.1) is 18.7 Å². The van der Waals surface area contributed by atoms with E-state index in [9.17, 15) is 10.1 Å². The van der Waals surface area contributed by atoms with Crippen molar-refractivity contribution in [2.45, 2.75) is 59.0 Å².